The molecule has 0 fully saturated rings. The number of amides is 1. The third-order valence-electron chi connectivity index (χ3n) is 4.47. The predicted octanol–water partition coefficient (Wildman–Crippen LogP) is 4.07. The van der Waals surface area contributed by atoms with Gasteiger partial charge >= 0.3 is 0 Å². The molecule has 5 aromatic rings. The minimum Gasteiger partial charge on any atom is -0.332 e. The van der Waals surface area contributed by atoms with Crippen LogP contribution < -0.4 is 5.32 Å². The zero-order valence-corrected chi connectivity index (χ0v) is 16.1. The molecule has 9 heteroatoms. The second-order valence-corrected chi connectivity index (χ2v) is 7.07. The molecule has 29 heavy (non-hydrogen) atoms. The largest absolute Gasteiger partial charge is 0.332 e. The van der Waals surface area contributed by atoms with E-state index in [1.807, 2.05) is 48.7 Å². The highest BCUT2D eigenvalue weighted by Crippen LogP contribution is 2.26. The Bertz CT molecular complexity index is 1320. The van der Waals surface area contributed by atoms with Crippen molar-refractivity contribution < 1.29 is 9.32 Å². The van der Waals surface area contributed by atoms with E-state index in [0.29, 0.717) is 34.4 Å². The number of rotatable bonds is 4. The lowest BCUT2D eigenvalue weighted by atomic mass is 10.1. The Hall–Kier alpha value is -3.85. The maximum atomic E-state index is 12.8. The molecule has 0 spiro atoms. The van der Waals surface area contributed by atoms with Crippen LogP contribution in [0.4, 0.5) is 5.69 Å². The predicted molar refractivity (Wildman–Crippen MR) is 109 cm³/mol. The number of benzene rings is 1. The third kappa shape index (κ3) is 3.17. The number of hydrogen-bond acceptors (Lipinski definition) is 7. The molecule has 5 rings (SSSR count). The van der Waals surface area contributed by atoms with Crippen molar-refractivity contribution in [1.29, 1.82) is 0 Å². The van der Waals surface area contributed by atoms with Crippen LogP contribution in [0.5, 0.6) is 0 Å². The van der Waals surface area contributed by atoms with Gasteiger partial charge < -0.3 is 9.84 Å². The number of carbonyl (C=O) groups excluding carboxylic acids is 1. The average molecular weight is 402 g/mol. The molecule has 0 unspecified atom stereocenters. The Labute approximate surface area is 168 Å². The van der Waals surface area contributed by atoms with Crippen molar-refractivity contribution in [1.82, 2.24) is 24.5 Å². The average Bonchev–Trinajstić information content (AvgIpc) is 3.49. The second kappa shape index (κ2) is 6.95. The fraction of sp³-hybridized carbons (Fsp3) is 0.0500. The van der Waals surface area contributed by atoms with E-state index in [4.69, 9.17) is 4.52 Å². The molecule has 142 valence electrons. The van der Waals surface area contributed by atoms with E-state index in [-0.39, 0.29) is 5.91 Å². The van der Waals surface area contributed by atoms with Crippen molar-refractivity contribution in [3.63, 3.8) is 0 Å². The van der Waals surface area contributed by atoms with Gasteiger partial charge in [0, 0.05) is 22.8 Å². The van der Waals surface area contributed by atoms with Gasteiger partial charge in [0.1, 0.15) is 17.0 Å². The van der Waals surface area contributed by atoms with Gasteiger partial charge in [-0.2, -0.15) is 4.98 Å². The van der Waals surface area contributed by atoms with Crippen LogP contribution in [0.15, 0.2) is 64.2 Å². The van der Waals surface area contributed by atoms with E-state index >= 15 is 0 Å². The summed E-state index contributed by atoms with van der Waals surface area (Å²) in [5.41, 5.74) is 5.83. The maximum absolute atomic E-state index is 12.8. The summed E-state index contributed by atoms with van der Waals surface area (Å²) < 4.78 is 7.05. The van der Waals surface area contributed by atoms with Crippen LogP contribution in [0.2, 0.25) is 0 Å². The van der Waals surface area contributed by atoms with Crippen molar-refractivity contribution in [3.05, 3.63) is 70.9 Å². The molecule has 0 aliphatic carbocycles. The topological polar surface area (TPSA) is 98.2 Å². The number of hydrogen-bond donors (Lipinski definition) is 1. The number of anilines is 1. The van der Waals surface area contributed by atoms with Crippen molar-refractivity contribution in [3.8, 4) is 23.0 Å². The van der Waals surface area contributed by atoms with Gasteiger partial charge in [0.2, 0.25) is 5.82 Å². The number of nitrogens with zero attached hydrogens (tertiary/aromatic N) is 5. The first-order valence-electron chi connectivity index (χ1n) is 8.76. The highest BCUT2D eigenvalue weighted by molar-refractivity contribution is 7.07. The van der Waals surface area contributed by atoms with E-state index in [1.165, 1.54) is 11.3 Å². The molecule has 8 nitrogen and oxygen atoms in total. The molecule has 0 radical (unpaired) electrons. The number of carbonyl (C=O) groups is 1. The summed E-state index contributed by atoms with van der Waals surface area (Å²) in [6.45, 7) is 1.92. The number of imidazole rings is 1. The Morgan fingerprint density at radius 3 is 3.00 bits per heavy atom. The van der Waals surface area contributed by atoms with Crippen LogP contribution in [0.3, 0.4) is 0 Å². The van der Waals surface area contributed by atoms with Crippen molar-refractivity contribution in [2.45, 2.75) is 6.92 Å². The summed E-state index contributed by atoms with van der Waals surface area (Å²) in [4.78, 5) is 25.7. The first kappa shape index (κ1) is 17.3. The van der Waals surface area contributed by atoms with Crippen LogP contribution in [0, 0.1) is 6.92 Å². The SMILES string of the molecule is Cc1ccc(-c2noc(-c3cscn3)n2)cc1NC(=O)c1cnc2ccccn12. The van der Waals surface area contributed by atoms with E-state index in [9.17, 15) is 4.79 Å². The second-order valence-electron chi connectivity index (χ2n) is 6.35. The maximum Gasteiger partial charge on any atom is 0.277 e. The Balaban J connectivity index is 1.45. The standard InChI is InChI=1S/C20H14N6O2S/c1-12-5-6-13(18-24-20(28-25-18)15-10-29-11-22-15)8-14(12)23-19(27)16-9-21-17-4-2-3-7-26(16)17/h2-11H,1H3,(H,23,27). The molecule has 0 atom stereocenters. The number of pyridine rings is 1. The zero-order chi connectivity index (χ0) is 19.8. The van der Waals surface area contributed by atoms with Gasteiger partial charge in [-0.1, -0.05) is 23.4 Å². The molecule has 0 aliphatic rings. The number of aryl methyl sites for hydroxylation is 1. The quantitative estimate of drug-likeness (QED) is 0.487. The number of nitrogens with one attached hydrogen (secondary N) is 1. The van der Waals surface area contributed by atoms with Gasteiger partial charge in [0.05, 0.1) is 11.7 Å². The molecule has 0 bridgehead atoms. The van der Waals surface area contributed by atoms with Crippen LogP contribution in [0.1, 0.15) is 16.1 Å². The first-order valence-corrected chi connectivity index (χ1v) is 9.70. The van der Waals surface area contributed by atoms with Crippen molar-refractivity contribution >= 4 is 28.6 Å². The summed E-state index contributed by atoms with van der Waals surface area (Å²) >= 11 is 1.46. The lowest BCUT2D eigenvalue weighted by molar-refractivity contribution is 0.102. The summed E-state index contributed by atoms with van der Waals surface area (Å²) in [5.74, 6) is 0.539. The smallest absolute Gasteiger partial charge is 0.277 e. The van der Waals surface area contributed by atoms with E-state index in [0.717, 1.165) is 11.1 Å². The lowest BCUT2D eigenvalue weighted by Crippen LogP contribution is -2.15. The van der Waals surface area contributed by atoms with Gasteiger partial charge in [-0.25, -0.2) is 9.97 Å². The molecule has 0 saturated heterocycles. The highest BCUT2D eigenvalue weighted by atomic mass is 32.1. The summed E-state index contributed by atoms with van der Waals surface area (Å²) in [6, 6.07) is 11.2. The third-order valence-corrected chi connectivity index (χ3v) is 5.06. The Morgan fingerprint density at radius 1 is 1.21 bits per heavy atom. The monoisotopic (exact) mass is 402 g/mol. The molecule has 0 saturated carbocycles. The fourth-order valence-corrected chi connectivity index (χ4v) is 3.47. The number of fused-ring (bicyclic) bond motifs is 1. The van der Waals surface area contributed by atoms with Crippen molar-refractivity contribution in [2.75, 3.05) is 5.32 Å². The first-order chi connectivity index (χ1) is 14.2. The molecule has 0 aliphatic heterocycles. The van der Waals surface area contributed by atoms with E-state index < -0.39 is 0 Å². The number of aromatic nitrogens is 5. The Morgan fingerprint density at radius 2 is 2.14 bits per heavy atom. The molecule has 4 heterocycles. The summed E-state index contributed by atoms with van der Waals surface area (Å²) in [7, 11) is 0. The summed E-state index contributed by atoms with van der Waals surface area (Å²) in [6.07, 6.45) is 3.36. The molecular formula is C20H14N6O2S. The van der Waals surface area contributed by atoms with Gasteiger partial charge in [0.15, 0.2) is 0 Å². The zero-order valence-electron chi connectivity index (χ0n) is 15.2. The van der Waals surface area contributed by atoms with Crippen LogP contribution in [-0.2, 0) is 0 Å². The highest BCUT2D eigenvalue weighted by Gasteiger charge is 2.16. The van der Waals surface area contributed by atoms with Gasteiger partial charge in [-0.15, -0.1) is 11.3 Å². The van der Waals surface area contributed by atoms with Crippen molar-refractivity contribution in [2.24, 2.45) is 0 Å². The summed E-state index contributed by atoms with van der Waals surface area (Å²) in [5, 5.41) is 8.83. The van der Waals surface area contributed by atoms with Crippen LogP contribution in [0.25, 0.3) is 28.6 Å². The normalized spacial score (nSPS) is 11.1. The molecule has 1 N–H and O–H groups in total. The molecular weight excluding hydrogens is 388 g/mol. The van der Waals surface area contributed by atoms with E-state index in [1.54, 1.807) is 22.3 Å². The number of thiazole rings is 1. The fourth-order valence-electron chi connectivity index (χ4n) is 2.95. The van der Waals surface area contributed by atoms with Gasteiger partial charge in [-0.3, -0.25) is 9.20 Å². The minimum atomic E-state index is -0.250. The van der Waals surface area contributed by atoms with Gasteiger partial charge in [0.25, 0.3) is 11.8 Å². The Kier molecular flexibility index (Phi) is 4.14. The molecule has 1 aromatic carbocycles. The van der Waals surface area contributed by atoms with Crippen LogP contribution in [-0.4, -0.2) is 30.4 Å². The minimum absolute atomic E-state index is 0.250. The van der Waals surface area contributed by atoms with Gasteiger partial charge in [-0.05, 0) is 30.7 Å². The molecule has 4 aromatic heterocycles. The molecule has 1 amide bonds. The van der Waals surface area contributed by atoms with Crippen LogP contribution >= 0.6 is 11.3 Å². The van der Waals surface area contributed by atoms with E-state index in [2.05, 4.69) is 25.4 Å². The lowest BCUT2D eigenvalue weighted by Gasteiger charge is -2.09.